The zero-order valence-electron chi connectivity index (χ0n) is 17.4. The van der Waals surface area contributed by atoms with Crippen LogP contribution in [0.15, 0.2) is 85.5 Å². The molecule has 0 radical (unpaired) electrons. The molecule has 3 aromatic heterocycles. The summed E-state index contributed by atoms with van der Waals surface area (Å²) in [7, 11) is 0. The molecule has 7 nitrogen and oxygen atoms in total. The zero-order chi connectivity index (χ0) is 21.9. The molecular weight excluding hydrogens is 402 g/mol. The summed E-state index contributed by atoms with van der Waals surface area (Å²) < 4.78 is 7.86. The maximum absolute atomic E-state index is 12.7. The summed E-state index contributed by atoms with van der Waals surface area (Å²) in [5, 5.41) is 2.91. The SMILES string of the molecule is Cc1ccc2nc(COc3cccc(C(=O)Nc4ccc(-c5ncc[nH]5)cc4)c3)cn2c1. The van der Waals surface area contributed by atoms with Gasteiger partial charge in [-0.1, -0.05) is 12.1 Å². The summed E-state index contributed by atoms with van der Waals surface area (Å²) in [4.78, 5) is 24.6. The van der Waals surface area contributed by atoms with Gasteiger partial charge in [0.1, 0.15) is 23.8 Å². The Balaban J connectivity index is 1.24. The van der Waals surface area contributed by atoms with E-state index in [2.05, 4.69) is 20.3 Å². The predicted molar refractivity (Wildman–Crippen MR) is 123 cm³/mol. The number of carbonyl (C=O) groups excluding carboxylic acids is 1. The largest absolute Gasteiger partial charge is 0.487 e. The Kier molecular flexibility index (Phi) is 5.13. The molecule has 1 amide bonds. The van der Waals surface area contributed by atoms with Gasteiger partial charge in [0.25, 0.3) is 5.91 Å². The Labute approximate surface area is 184 Å². The van der Waals surface area contributed by atoms with Crippen LogP contribution in [-0.4, -0.2) is 25.3 Å². The highest BCUT2D eigenvalue weighted by Crippen LogP contribution is 2.20. The van der Waals surface area contributed by atoms with Gasteiger partial charge in [0.15, 0.2) is 0 Å². The third-order valence-corrected chi connectivity index (χ3v) is 5.05. The van der Waals surface area contributed by atoms with Crippen LogP contribution in [0.4, 0.5) is 5.69 Å². The molecule has 0 aliphatic heterocycles. The van der Waals surface area contributed by atoms with Crippen LogP contribution < -0.4 is 10.1 Å². The number of nitrogens with one attached hydrogen (secondary N) is 2. The van der Waals surface area contributed by atoms with Crippen LogP contribution in [0.3, 0.4) is 0 Å². The number of aryl methyl sites for hydroxylation is 1. The number of amides is 1. The van der Waals surface area contributed by atoms with E-state index in [9.17, 15) is 4.79 Å². The van der Waals surface area contributed by atoms with Gasteiger partial charge in [-0.2, -0.15) is 0 Å². The molecule has 0 fully saturated rings. The second kappa shape index (κ2) is 8.39. The molecule has 0 saturated carbocycles. The summed E-state index contributed by atoms with van der Waals surface area (Å²) in [6, 6.07) is 18.6. The molecular formula is C25H21N5O2. The average molecular weight is 423 g/mol. The van der Waals surface area contributed by atoms with Gasteiger partial charge in [-0.25, -0.2) is 9.97 Å². The van der Waals surface area contributed by atoms with Crippen molar-refractivity contribution in [3.05, 3.63) is 102 Å². The van der Waals surface area contributed by atoms with Crippen molar-refractivity contribution in [1.29, 1.82) is 0 Å². The van der Waals surface area contributed by atoms with Crippen LogP contribution in [-0.2, 0) is 6.61 Å². The van der Waals surface area contributed by atoms with Gasteiger partial charge in [-0.3, -0.25) is 4.79 Å². The Hall–Kier alpha value is -4.39. The van der Waals surface area contributed by atoms with E-state index in [0.29, 0.717) is 23.6 Å². The Morgan fingerprint density at radius 3 is 2.78 bits per heavy atom. The minimum Gasteiger partial charge on any atom is -0.487 e. The molecule has 0 unspecified atom stereocenters. The molecule has 5 aromatic rings. The number of anilines is 1. The fourth-order valence-electron chi connectivity index (χ4n) is 3.45. The van der Waals surface area contributed by atoms with E-state index in [1.165, 1.54) is 0 Å². The summed E-state index contributed by atoms with van der Waals surface area (Å²) in [5.41, 5.74) is 5.03. The van der Waals surface area contributed by atoms with E-state index in [1.807, 2.05) is 66.2 Å². The normalized spacial score (nSPS) is 10.9. The standard InChI is InChI=1S/C25H21N5O2/c1-17-5-10-23-28-21(15-30(23)14-17)16-32-22-4-2-3-19(13-22)25(31)29-20-8-6-18(7-9-20)24-26-11-12-27-24/h2-15H,16H2,1H3,(H,26,27)(H,29,31). The van der Waals surface area contributed by atoms with E-state index in [0.717, 1.165) is 28.3 Å². The number of imidazole rings is 2. The lowest BCUT2D eigenvalue weighted by Crippen LogP contribution is -2.12. The monoisotopic (exact) mass is 423 g/mol. The zero-order valence-corrected chi connectivity index (χ0v) is 17.4. The van der Waals surface area contributed by atoms with Crippen molar-refractivity contribution < 1.29 is 9.53 Å². The molecule has 2 aromatic carbocycles. The summed E-state index contributed by atoms with van der Waals surface area (Å²) >= 11 is 0. The van der Waals surface area contributed by atoms with Crippen molar-refractivity contribution in [2.75, 3.05) is 5.32 Å². The first-order valence-electron chi connectivity index (χ1n) is 10.2. The number of nitrogens with zero attached hydrogens (tertiary/aromatic N) is 3. The summed E-state index contributed by atoms with van der Waals surface area (Å²) in [5.74, 6) is 1.19. The third kappa shape index (κ3) is 4.22. The van der Waals surface area contributed by atoms with Crippen LogP contribution in [0.25, 0.3) is 17.0 Å². The van der Waals surface area contributed by atoms with Crippen molar-refractivity contribution in [3.63, 3.8) is 0 Å². The van der Waals surface area contributed by atoms with E-state index in [-0.39, 0.29) is 5.91 Å². The van der Waals surface area contributed by atoms with Gasteiger partial charge >= 0.3 is 0 Å². The number of benzene rings is 2. The van der Waals surface area contributed by atoms with Gasteiger partial charge in [-0.15, -0.1) is 0 Å². The topological polar surface area (TPSA) is 84.3 Å². The van der Waals surface area contributed by atoms with Crippen molar-refractivity contribution in [2.24, 2.45) is 0 Å². The number of hydrogen-bond acceptors (Lipinski definition) is 4. The molecule has 0 atom stereocenters. The third-order valence-electron chi connectivity index (χ3n) is 5.05. The van der Waals surface area contributed by atoms with E-state index >= 15 is 0 Å². The highest BCUT2D eigenvalue weighted by atomic mass is 16.5. The number of fused-ring (bicyclic) bond motifs is 1. The first-order chi connectivity index (χ1) is 15.6. The first-order valence-corrected chi connectivity index (χ1v) is 10.2. The molecule has 0 aliphatic rings. The molecule has 0 spiro atoms. The van der Waals surface area contributed by atoms with Crippen LogP contribution in [0.1, 0.15) is 21.6 Å². The highest BCUT2D eigenvalue weighted by molar-refractivity contribution is 6.04. The number of rotatable bonds is 6. The van der Waals surface area contributed by atoms with Gasteiger partial charge in [0.05, 0.1) is 5.69 Å². The van der Waals surface area contributed by atoms with Gasteiger partial charge in [0, 0.05) is 41.6 Å². The fraction of sp³-hybridized carbons (Fsp3) is 0.0800. The van der Waals surface area contributed by atoms with Crippen LogP contribution >= 0.6 is 0 Å². The Bertz CT molecular complexity index is 1370. The number of hydrogen-bond donors (Lipinski definition) is 2. The van der Waals surface area contributed by atoms with Crippen LogP contribution in [0.2, 0.25) is 0 Å². The molecule has 2 N–H and O–H groups in total. The second-order valence-corrected chi connectivity index (χ2v) is 7.49. The summed E-state index contributed by atoms with van der Waals surface area (Å²) in [6.07, 6.45) is 7.45. The van der Waals surface area contributed by atoms with E-state index in [1.54, 1.807) is 30.6 Å². The van der Waals surface area contributed by atoms with E-state index in [4.69, 9.17) is 4.74 Å². The Morgan fingerprint density at radius 2 is 1.97 bits per heavy atom. The lowest BCUT2D eigenvalue weighted by Gasteiger charge is -2.08. The minimum atomic E-state index is -0.204. The number of H-pyrrole nitrogens is 1. The average Bonchev–Trinajstić information content (AvgIpc) is 3.48. The fourth-order valence-corrected chi connectivity index (χ4v) is 3.45. The lowest BCUT2D eigenvalue weighted by molar-refractivity contribution is 0.102. The quantitative estimate of drug-likeness (QED) is 0.408. The molecule has 0 bridgehead atoms. The molecule has 3 heterocycles. The predicted octanol–water partition coefficient (Wildman–Crippen LogP) is 4.86. The van der Waals surface area contributed by atoms with E-state index < -0.39 is 0 Å². The number of aromatic amines is 1. The number of ether oxygens (including phenoxy) is 1. The Morgan fingerprint density at radius 1 is 1.09 bits per heavy atom. The van der Waals surface area contributed by atoms with Crippen molar-refractivity contribution in [1.82, 2.24) is 19.4 Å². The molecule has 0 aliphatic carbocycles. The number of carbonyl (C=O) groups is 1. The highest BCUT2D eigenvalue weighted by Gasteiger charge is 2.09. The smallest absolute Gasteiger partial charge is 0.255 e. The van der Waals surface area contributed by atoms with Crippen molar-refractivity contribution in [2.45, 2.75) is 13.5 Å². The van der Waals surface area contributed by atoms with Crippen LogP contribution in [0.5, 0.6) is 5.75 Å². The van der Waals surface area contributed by atoms with Gasteiger partial charge in [-0.05, 0) is 61.0 Å². The summed E-state index contributed by atoms with van der Waals surface area (Å²) in [6.45, 7) is 2.36. The maximum atomic E-state index is 12.7. The number of aromatic nitrogens is 4. The molecule has 7 heteroatoms. The second-order valence-electron chi connectivity index (χ2n) is 7.49. The molecule has 5 rings (SSSR count). The number of pyridine rings is 1. The molecule has 0 saturated heterocycles. The van der Waals surface area contributed by atoms with Crippen molar-refractivity contribution in [3.8, 4) is 17.1 Å². The minimum absolute atomic E-state index is 0.204. The van der Waals surface area contributed by atoms with Gasteiger partial charge < -0.3 is 19.4 Å². The first kappa shape index (κ1) is 19.6. The van der Waals surface area contributed by atoms with Crippen LogP contribution in [0, 0.1) is 6.92 Å². The molecule has 32 heavy (non-hydrogen) atoms. The molecule has 158 valence electrons. The lowest BCUT2D eigenvalue weighted by atomic mass is 10.1. The van der Waals surface area contributed by atoms with Crippen molar-refractivity contribution >= 4 is 17.2 Å². The maximum Gasteiger partial charge on any atom is 0.255 e. The van der Waals surface area contributed by atoms with Gasteiger partial charge in [0.2, 0.25) is 0 Å².